The second kappa shape index (κ2) is 3.10. The highest BCUT2D eigenvalue weighted by Gasteiger charge is 2.41. The maximum atomic E-state index is 3.63. The zero-order valence-corrected chi connectivity index (χ0v) is 7.17. The topological polar surface area (TPSA) is 12.0 Å². The van der Waals surface area contributed by atoms with Gasteiger partial charge in [-0.3, -0.25) is 0 Å². The molecule has 0 aromatic carbocycles. The lowest BCUT2D eigenvalue weighted by atomic mass is 10.1. The Balaban J connectivity index is 0.000000500. The summed E-state index contributed by atoms with van der Waals surface area (Å²) >= 11 is 0. The first-order valence-electron chi connectivity index (χ1n) is 4.16. The minimum absolute atomic E-state index is 0. The number of hydrogen-bond donors (Lipinski definition) is 1. The summed E-state index contributed by atoms with van der Waals surface area (Å²) in [5.41, 5.74) is 0.663. The third-order valence-electron chi connectivity index (χ3n) is 2.69. The van der Waals surface area contributed by atoms with Crippen LogP contribution in [0.1, 0.15) is 38.5 Å². The Morgan fingerprint density at radius 2 is 1.70 bits per heavy atom. The molecular formula is C8H16ClN. The van der Waals surface area contributed by atoms with Gasteiger partial charge < -0.3 is 5.32 Å². The lowest BCUT2D eigenvalue weighted by molar-refractivity contribution is 0.496. The van der Waals surface area contributed by atoms with E-state index >= 15 is 0 Å². The predicted octanol–water partition coefficient (Wildman–Crippen LogP) is 2.10. The predicted molar refractivity (Wildman–Crippen MR) is 45.7 cm³/mol. The van der Waals surface area contributed by atoms with E-state index in [1.807, 2.05) is 0 Å². The van der Waals surface area contributed by atoms with Crippen molar-refractivity contribution < 1.29 is 0 Å². The van der Waals surface area contributed by atoms with Gasteiger partial charge in [0.15, 0.2) is 0 Å². The summed E-state index contributed by atoms with van der Waals surface area (Å²) in [5.74, 6) is 0. The Labute approximate surface area is 69.0 Å². The maximum absolute atomic E-state index is 3.63. The SMILES string of the molecule is C1CCNC2(CC1)CC2.Cl. The van der Waals surface area contributed by atoms with E-state index in [-0.39, 0.29) is 12.4 Å². The molecule has 0 amide bonds. The molecule has 60 valence electrons. The van der Waals surface area contributed by atoms with Crippen molar-refractivity contribution in [2.45, 2.75) is 44.1 Å². The Morgan fingerprint density at radius 1 is 0.900 bits per heavy atom. The molecule has 1 spiro atoms. The van der Waals surface area contributed by atoms with E-state index in [0.717, 1.165) is 0 Å². The van der Waals surface area contributed by atoms with Gasteiger partial charge in [-0.25, -0.2) is 0 Å². The van der Waals surface area contributed by atoms with Crippen LogP contribution in [0, 0.1) is 0 Å². The van der Waals surface area contributed by atoms with Crippen LogP contribution in [0.5, 0.6) is 0 Å². The van der Waals surface area contributed by atoms with Gasteiger partial charge in [0.2, 0.25) is 0 Å². The first-order valence-corrected chi connectivity index (χ1v) is 4.16. The Kier molecular flexibility index (Phi) is 2.59. The first kappa shape index (κ1) is 8.35. The van der Waals surface area contributed by atoms with Gasteiger partial charge in [-0.1, -0.05) is 12.8 Å². The number of nitrogens with one attached hydrogen (secondary N) is 1. The number of rotatable bonds is 0. The van der Waals surface area contributed by atoms with E-state index in [2.05, 4.69) is 5.32 Å². The van der Waals surface area contributed by atoms with Gasteiger partial charge in [0.1, 0.15) is 0 Å². The molecule has 1 heterocycles. The summed E-state index contributed by atoms with van der Waals surface area (Å²) in [4.78, 5) is 0. The average molecular weight is 162 g/mol. The van der Waals surface area contributed by atoms with Crippen LogP contribution in [0.15, 0.2) is 0 Å². The second-order valence-corrected chi connectivity index (χ2v) is 3.52. The fourth-order valence-corrected chi connectivity index (χ4v) is 1.78. The van der Waals surface area contributed by atoms with Gasteiger partial charge in [0.05, 0.1) is 0 Å². The fourth-order valence-electron chi connectivity index (χ4n) is 1.78. The van der Waals surface area contributed by atoms with E-state index in [1.165, 1.54) is 45.1 Å². The van der Waals surface area contributed by atoms with Crippen LogP contribution in [0.2, 0.25) is 0 Å². The van der Waals surface area contributed by atoms with Crippen molar-refractivity contribution in [2.24, 2.45) is 0 Å². The van der Waals surface area contributed by atoms with Crippen LogP contribution in [0.4, 0.5) is 0 Å². The van der Waals surface area contributed by atoms with Crippen molar-refractivity contribution in [3.05, 3.63) is 0 Å². The molecule has 1 aliphatic heterocycles. The molecule has 0 aromatic rings. The summed E-state index contributed by atoms with van der Waals surface area (Å²) in [6.45, 7) is 1.28. The zero-order valence-electron chi connectivity index (χ0n) is 6.36. The summed E-state index contributed by atoms with van der Waals surface area (Å²) in [6.07, 6.45) is 8.68. The summed E-state index contributed by atoms with van der Waals surface area (Å²) < 4.78 is 0. The third-order valence-corrected chi connectivity index (χ3v) is 2.69. The van der Waals surface area contributed by atoms with Crippen molar-refractivity contribution in [3.63, 3.8) is 0 Å². The minimum Gasteiger partial charge on any atom is -0.311 e. The van der Waals surface area contributed by atoms with Crippen molar-refractivity contribution in [1.82, 2.24) is 5.32 Å². The molecule has 1 aliphatic carbocycles. The minimum atomic E-state index is 0. The third kappa shape index (κ3) is 1.64. The molecule has 1 saturated heterocycles. The van der Waals surface area contributed by atoms with Crippen LogP contribution in [0.25, 0.3) is 0 Å². The van der Waals surface area contributed by atoms with Gasteiger partial charge in [-0.2, -0.15) is 0 Å². The number of halogens is 1. The molecule has 0 aromatic heterocycles. The molecule has 2 rings (SSSR count). The average Bonchev–Trinajstić information content (AvgIpc) is 2.64. The van der Waals surface area contributed by atoms with Crippen molar-refractivity contribution in [1.29, 1.82) is 0 Å². The molecule has 10 heavy (non-hydrogen) atoms. The standard InChI is InChI=1S/C8H15N.ClH/c1-2-4-8(5-6-8)9-7-3-1;/h9H,1-7H2;1H. The zero-order chi connectivity index (χ0) is 6.16. The quantitative estimate of drug-likeness (QED) is 0.574. The summed E-state index contributed by atoms with van der Waals surface area (Å²) in [7, 11) is 0. The van der Waals surface area contributed by atoms with Gasteiger partial charge in [-0.15, -0.1) is 12.4 Å². The van der Waals surface area contributed by atoms with Gasteiger partial charge in [-0.05, 0) is 32.2 Å². The molecule has 0 atom stereocenters. The van der Waals surface area contributed by atoms with E-state index in [4.69, 9.17) is 0 Å². The lowest BCUT2D eigenvalue weighted by Crippen LogP contribution is -2.29. The molecule has 0 bridgehead atoms. The molecular weight excluding hydrogens is 146 g/mol. The first-order chi connectivity index (χ1) is 4.41. The van der Waals surface area contributed by atoms with Crippen LogP contribution >= 0.6 is 12.4 Å². The molecule has 1 nitrogen and oxygen atoms in total. The van der Waals surface area contributed by atoms with Gasteiger partial charge >= 0.3 is 0 Å². The van der Waals surface area contributed by atoms with Crippen molar-refractivity contribution >= 4 is 12.4 Å². The van der Waals surface area contributed by atoms with Crippen molar-refractivity contribution in [3.8, 4) is 0 Å². The van der Waals surface area contributed by atoms with Crippen LogP contribution < -0.4 is 5.32 Å². The molecule has 0 radical (unpaired) electrons. The fraction of sp³-hybridized carbons (Fsp3) is 1.00. The Morgan fingerprint density at radius 3 is 2.40 bits per heavy atom. The molecule has 2 heteroatoms. The van der Waals surface area contributed by atoms with Crippen LogP contribution in [0.3, 0.4) is 0 Å². The maximum Gasteiger partial charge on any atom is 0.0182 e. The summed E-state index contributed by atoms with van der Waals surface area (Å²) in [6, 6.07) is 0. The summed E-state index contributed by atoms with van der Waals surface area (Å²) in [5, 5.41) is 3.63. The normalized spacial score (nSPS) is 28.8. The highest BCUT2D eigenvalue weighted by Crippen LogP contribution is 2.41. The molecule has 0 unspecified atom stereocenters. The lowest BCUT2D eigenvalue weighted by Gasteiger charge is -2.11. The Bertz CT molecular complexity index is 99.8. The van der Waals surface area contributed by atoms with Crippen LogP contribution in [-0.2, 0) is 0 Å². The van der Waals surface area contributed by atoms with E-state index in [0.29, 0.717) is 5.54 Å². The van der Waals surface area contributed by atoms with Crippen molar-refractivity contribution in [2.75, 3.05) is 6.54 Å². The van der Waals surface area contributed by atoms with Gasteiger partial charge in [0.25, 0.3) is 0 Å². The highest BCUT2D eigenvalue weighted by atomic mass is 35.5. The number of hydrogen-bond acceptors (Lipinski definition) is 1. The largest absolute Gasteiger partial charge is 0.311 e. The molecule has 1 N–H and O–H groups in total. The molecule has 2 fully saturated rings. The van der Waals surface area contributed by atoms with E-state index in [9.17, 15) is 0 Å². The molecule has 1 saturated carbocycles. The highest BCUT2D eigenvalue weighted by molar-refractivity contribution is 5.85. The van der Waals surface area contributed by atoms with Gasteiger partial charge in [0, 0.05) is 5.54 Å². The monoisotopic (exact) mass is 161 g/mol. The smallest absolute Gasteiger partial charge is 0.0182 e. The van der Waals surface area contributed by atoms with E-state index < -0.39 is 0 Å². The van der Waals surface area contributed by atoms with Crippen LogP contribution in [-0.4, -0.2) is 12.1 Å². The molecule has 2 aliphatic rings. The van der Waals surface area contributed by atoms with E-state index in [1.54, 1.807) is 0 Å². The second-order valence-electron chi connectivity index (χ2n) is 3.52. The Hall–Kier alpha value is 0.250.